The van der Waals surface area contributed by atoms with E-state index in [-0.39, 0.29) is 11.6 Å². The lowest BCUT2D eigenvalue weighted by atomic mass is 10.2. The monoisotopic (exact) mass is 294 g/mol. The van der Waals surface area contributed by atoms with Crippen LogP contribution in [0.3, 0.4) is 0 Å². The van der Waals surface area contributed by atoms with Crippen molar-refractivity contribution in [2.24, 2.45) is 5.92 Å². The van der Waals surface area contributed by atoms with E-state index in [2.05, 4.69) is 16.5 Å². The Balaban J connectivity index is 2.10. The molecule has 0 saturated heterocycles. The lowest BCUT2D eigenvalue weighted by Crippen LogP contribution is -2.02. The fraction of sp³-hybridized carbons (Fsp3) is 0.429. The van der Waals surface area contributed by atoms with Gasteiger partial charge in [0.05, 0.1) is 16.8 Å². The van der Waals surface area contributed by atoms with Gasteiger partial charge in [-0.05, 0) is 30.9 Å². The number of rotatable bonds is 4. The van der Waals surface area contributed by atoms with Crippen LogP contribution in [0.1, 0.15) is 24.9 Å². The number of hydrogen-bond donors (Lipinski definition) is 1. The first-order chi connectivity index (χ1) is 9.47. The van der Waals surface area contributed by atoms with Crippen molar-refractivity contribution >= 4 is 28.8 Å². The Morgan fingerprint density at radius 2 is 2.30 bits per heavy atom. The normalized spacial score (nSPS) is 21.4. The van der Waals surface area contributed by atoms with Crippen molar-refractivity contribution in [3.63, 3.8) is 0 Å². The minimum absolute atomic E-state index is 0.0358. The molecule has 1 fully saturated rings. The number of aliphatic carboxylic acids is 1. The van der Waals surface area contributed by atoms with Gasteiger partial charge in [0.15, 0.2) is 5.16 Å². The summed E-state index contributed by atoms with van der Waals surface area (Å²) in [4.78, 5) is 15.1. The number of aryl methyl sites for hydroxylation is 1. The van der Waals surface area contributed by atoms with Gasteiger partial charge in [-0.2, -0.15) is 0 Å². The molecule has 1 N–H and O–H groups in total. The number of halogens is 1. The molecule has 1 heterocycles. The highest BCUT2D eigenvalue weighted by Gasteiger charge is 2.37. The van der Waals surface area contributed by atoms with Crippen LogP contribution in [-0.4, -0.2) is 26.4 Å². The number of imidazole rings is 1. The van der Waals surface area contributed by atoms with Gasteiger partial charge in [-0.15, -0.1) is 0 Å². The molecule has 4 nitrogen and oxygen atoms in total. The van der Waals surface area contributed by atoms with Crippen molar-refractivity contribution in [2.75, 3.05) is 5.75 Å². The first kappa shape index (κ1) is 13.4. The summed E-state index contributed by atoms with van der Waals surface area (Å²) in [6.07, 6.45) is 1.06. The highest BCUT2D eigenvalue weighted by atomic mass is 32.2. The zero-order valence-electron chi connectivity index (χ0n) is 11.3. The Morgan fingerprint density at radius 3 is 2.90 bits per heavy atom. The zero-order valence-corrected chi connectivity index (χ0v) is 12.1. The van der Waals surface area contributed by atoms with Crippen LogP contribution in [0, 0.1) is 18.7 Å². The predicted octanol–water partition coefficient (Wildman–Crippen LogP) is 3.24. The standard InChI is InChI=1S/C14H15FN2O2S/c1-7-3-12-10(5-9(7)15)16-14(20-6-13(18)19)17(12)11-4-8(11)2/h3,5,8,11H,4,6H2,1-2H3,(H,18,19). The van der Waals surface area contributed by atoms with E-state index in [0.717, 1.165) is 11.9 Å². The summed E-state index contributed by atoms with van der Waals surface area (Å²) in [5.74, 6) is -0.631. The van der Waals surface area contributed by atoms with E-state index in [9.17, 15) is 9.18 Å². The Morgan fingerprint density at radius 1 is 1.60 bits per heavy atom. The average Bonchev–Trinajstić information content (AvgIpc) is 2.98. The van der Waals surface area contributed by atoms with Crippen LogP contribution in [0.25, 0.3) is 11.0 Å². The fourth-order valence-electron chi connectivity index (χ4n) is 2.41. The Bertz CT molecular complexity index is 698. The number of nitrogens with zero attached hydrogens (tertiary/aromatic N) is 2. The molecular weight excluding hydrogens is 279 g/mol. The van der Waals surface area contributed by atoms with Gasteiger partial charge in [-0.25, -0.2) is 9.37 Å². The molecule has 2 aromatic rings. The summed E-state index contributed by atoms with van der Waals surface area (Å²) in [6, 6.07) is 3.58. The van der Waals surface area contributed by atoms with E-state index in [4.69, 9.17) is 5.11 Å². The van der Waals surface area contributed by atoms with Gasteiger partial charge in [0.2, 0.25) is 0 Å². The van der Waals surface area contributed by atoms with Gasteiger partial charge in [0.1, 0.15) is 5.82 Å². The number of aromatic nitrogens is 2. The molecule has 0 bridgehead atoms. The van der Waals surface area contributed by atoms with Crippen molar-refractivity contribution in [3.05, 3.63) is 23.5 Å². The maximum Gasteiger partial charge on any atom is 0.313 e. The van der Waals surface area contributed by atoms with Gasteiger partial charge in [-0.3, -0.25) is 4.79 Å². The topological polar surface area (TPSA) is 55.1 Å². The van der Waals surface area contributed by atoms with Crippen molar-refractivity contribution in [1.82, 2.24) is 9.55 Å². The van der Waals surface area contributed by atoms with Crippen LogP contribution in [0.15, 0.2) is 17.3 Å². The summed E-state index contributed by atoms with van der Waals surface area (Å²) in [6.45, 7) is 3.88. The molecule has 0 aliphatic heterocycles. The summed E-state index contributed by atoms with van der Waals surface area (Å²) < 4.78 is 15.7. The minimum atomic E-state index is -0.875. The third kappa shape index (κ3) is 2.28. The molecule has 1 aliphatic carbocycles. The molecular formula is C14H15FN2O2S. The van der Waals surface area contributed by atoms with E-state index in [1.165, 1.54) is 17.8 Å². The molecule has 106 valence electrons. The maximum absolute atomic E-state index is 13.6. The third-order valence-corrected chi connectivity index (χ3v) is 4.60. The molecule has 20 heavy (non-hydrogen) atoms. The van der Waals surface area contributed by atoms with Gasteiger partial charge in [-0.1, -0.05) is 18.7 Å². The largest absolute Gasteiger partial charge is 0.481 e. The number of benzene rings is 1. The van der Waals surface area contributed by atoms with Crippen LogP contribution in [0.2, 0.25) is 0 Å². The molecule has 1 saturated carbocycles. The van der Waals surface area contributed by atoms with E-state index in [1.54, 1.807) is 13.0 Å². The van der Waals surface area contributed by atoms with Crippen LogP contribution >= 0.6 is 11.8 Å². The molecule has 2 unspecified atom stereocenters. The fourth-order valence-corrected chi connectivity index (χ4v) is 3.20. The molecule has 1 aromatic carbocycles. The summed E-state index contributed by atoms with van der Waals surface area (Å²) in [5, 5.41) is 9.49. The maximum atomic E-state index is 13.6. The van der Waals surface area contributed by atoms with E-state index < -0.39 is 5.97 Å². The van der Waals surface area contributed by atoms with Crippen LogP contribution in [0.5, 0.6) is 0 Å². The third-order valence-electron chi connectivity index (χ3n) is 3.66. The second kappa shape index (κ2) is 4.77. The zero-order chi connectivity index (χ0) is 14.4. The predicted molar refractivity (Wildman–Crippen MR) is 75.6 cm³/mol. The molecule has 0 spiro atoms. The second-order valence-corrected chi connectivity index (χ2v) is 6.26. The van der Waals surface area contributed by atoms with Crippen LogP contribution < -0.4 is 0 Å². The molecule has 0 radical (unpaired) electrons. The van der Waals surface area contributed by atoms with E-state index >= 15 is 0 Å². The summed E-state index contributed by atoms with van der Waals surface area (Å²) >= 11 is 1.19. The minimum Gasteiger partial charge on any atom is -0.481 e. The van der Waals surface area contributed by atoms with Gasteiger partial charge in [0.25, 0.3) is 0 Å². The van der Waals surface area contributed by atoms with Gasteiger partial charge < -0.3 is 9.67 Å². The van der Waals surface area contributed by atoms with Crippen molar-refractivity contribution in [3.8, 4) is 0 Å². The quantitative estimate of drug-likeness (QED) is 0.880. The number of fused-ring (bicyclic) bond motifs is 1. The second-order valence-electron chi connectivity index (χ2n) is 5.32. The summed E-state index contributed by atoms with van der Waals surface area (Å²) in [7, 11) is 0. The number of carboxylic acids is 1. The van der Waals surface area contributed by atoms with Crippen molar-refractivity contribution in [1.29, 1.82) is 0 Å². The molecule has 1 aliphatic rings. The SMILES string of the molecule is Cc1cc2c(cc1F)nc(SCC(=O)O)n2C1CC1C. The van der Waals surface area contributed by atoms with Crippen molar-refractivity contribution < 1.29 is 14.3 Å². The highest BCUT2D eigenvalue weighted by Crippen LogP contribution is 2.46. The lowest BCUT2D eigenvalue weighted by Gasteiger charge is -2.07. The first-order valence-electron chi connectivity index (χ1n) is 6.50. The first-order valence-corrected chi connectivity index (χ1v) is 7.48. The lowest BCUT2D eigenvalue weighted by molar-refractivity contribution is -0.133. The number of hydrogen-bond acceptors (Lipinski definition) is 3. The van der Waals surface area contributed by atoms with Crippen LogP contribution in [0.4, 0.5) is 4.39 Å². The molecule has 1 aromatic heterocycles. The smallest absolute Gasteiger partial charge is 0.313 e. The molecule has 2 atom stereocenters. The molecule has 3 rings (SSSR count). The Hall–Kier alpha value is -1.56. The Labute approximate surface area is 120 Å². The number of carbonyl (C=O) groups is 1. The summed E-state index contributed by atoms with van der Waals surface area (Å²) in [5.41, 5.74) is 2.08. The molecule has 0 amide bonds. The number of thioether (sulfide) groups is 1. The van der Waals surface area contributed by atoms with Gasteiger partial charge in [0, 0.05) is 12.1 Å². The van der Waals surface area contributed by atoms with E-state index in [1.807, 2.05) is 0 Å². The average molecular weight is 294 g/mol. The van der Waals surface area contributed by atoms with Crippen molar-refractivity contribution in [2.45, 2.75) is 31.5 Å². The van der Waals surface area contributed by atoms with Gasteiger partial charge >= 0.3 is 5.97 Å². The number of carboxylic acid groups (broad SMARTS) is 1. The Kier molecular flexibility index (Phi) is 3.20. The molecule has 6 heteroatoms. The van der Waals surface area contributed by atoms with E-state index in [0.29, 0.717) is 28.2 Å². The van der Waals surface area contributed by atoms with Crippen LogP contribution in [-0.2, 0) is 4.79 Å². The highest BCUT2D eigenvalue weighted by molar-refractivity contribution is 7.99.